The molecule has 15 heavy (non-hydrogen) atoms. The third kappa shape index (κ3) is 2.81. The Balaban J connectivity index is 3.06. The van der Waals surface area contributed by atoms with Gasteiger partial charge in [0.15, 0.2) is 0 Å². The fourth-order valence-corrected chi connectivity index (χ4v) is 1.56. The molecule has 0 aromatic heterocycles. The Morgan fingerprint density at radius 1 is 1.47 bits per heavy atom. The first-order chi connectivity index (χ1) is 7.10. The van der Waals surface area contributed by atoms with Gasteiger partial charge in [0, 0.05) is 11.3 Å². The number of hydrogen-bond acceptors (Lipinski definition) is 4. The standard InChI is InChI=1S/C11H14O3S/c1-7-2-3-8(5-12)4-9(7)11(14)10(13)6-15/h2-5,10-11,13-15H,6H2,1H3. The van der Waals surface area contributed by atoms with Crippen LogP contribution in [0.2, 0.25) is 0 Å². The Hall–Kier alpha value is -0.840. The van der Waals surface area contributed by atoms with Gasteiger partial charge in [0.2, 0.25) is 0 Å². The van der Waals surface area contributed by atoms with Crippen LogP contribution >= 0.6 is 12.6 Å². The second kappa shape index (κ2) is 5.30. The largest absolute Gasteiger partial charge is 0.389 e. The molecule has 0 aliphatic heterocycles. The van der Waals surface area contributed by atoms with Crippen LogP contribution in [0, 0.1) is 6.92 Å². The summed E-state index contributed by atoms with van der Waals surface area (Å²) in [7, 11) is 0. The summed E-state index contributed by atoms with van der Waals surface area (Å²) < 4.78 is 0. The van der Waals surface area contributed by atoms with E-state index in [2.05, 4.69) is 12.6 Å². The number of aliphatic hydroxyl groups is 2. The van der Waals surface area contributed by atoms with E-state index in [1.54, 1.807) is 18.2 Å². The van der Waals surface area contributed by atoms with Crippen LogP contribution in [0.25, 0.3) is 0 Å². The average molecular weight is 226 g/mol. The molecule has 2 N–H and O–H groups in total. The van der Waals surface area contributed by atoms with E-state index in [1.807, 2.05) is 6.92 Å². The van der Waals surface area contributed by atoms with Crippen molar-refractivity contribution < 1.29 is 15.0 Å². The molecule has 3 nitrogen and oxygen atoms in total. The third-order valence-corrected chi connectivity index (χ3v) is 2.68. The highest BCUT2D eigenvalue weighted by molar-refractivity contribution is 7.80. The minimum Gasteiger partial charge on any atom is -0.389 e. The Morgan fingerprint density at radius 3 is 2.67 bits per heavy atom. The Labute approximate surface area is 94.2 Å². The lowest BCUT2D eigenvalue weighted by Crippen LogP contribution is -2.20. The molecule has 0 radical (unpaired) electrons. The lowest BCUT2D eigenvalue weighted by Gasteiger charge is -2.18. The van der Waals surface area contributed by atoms with Crippen molar-refractivity contribution in [3.63, 3.8) is 0 Å². The molecule has 0 aliphatic rings. The van der Waals surface area contributed by atoms with Gasteiger partial charge in [-0.25, -0.2) is 0 Å². The van der Waals surface area contributed by atoms with E-state index in [1.165, 1.54) is 0 Å². The zero-order chi connectivity index (χ0) is 11.4. The van der Waals surface area contributed by atoms with Gasteiger partial charge < -0.3 is 10.2 Å². The molecule has 0 aliphatic carbocycles. The Bertz CT molecular complexity index is 352. The normalized spacial score (nSPS) is 14.7. The van der Waals surface area contributed by atoms with E-state index in [-0.39, 0.29) is 5.75 Å². The van der Waals surface area contributed by atoms with Crippen molar-refractivity contribution in [3.05, 3.63) is 34.9 Å². The molecule has 1 aromatic carbocycles. The summed E-state index contributed by atoms with van der Waals surface area (Å²) in [6.07, 6.45) is -1.21. The van der Waals surface area contributed by atoms with Crippen molar-refractivity contribution in [2.45, 2.75) is 19.1 Å². The number of rotatable bonds is 4. The van der Waals surface area contributed by atoms with Gasteiger partial charge in [-0.15, -0.1) is 0 Å². The summed E-state index contributed by atoms with van der Waals surface area (Å²) in [6, 6.07) is 5.00. The fraction of sp³-hybridized carbons (Fsp3) is 0.364. The van der Waals surface area contributed by atoms with Gasteiger partial charge in [0.25, 0.3) is 0 Å². The van der Waals surface area contributed by atoms with E-state index in [0.29, 0.717) is 17.4 Å². The van der Waals surface area contributed by atoms with Crippen LogP contribution in [0.3, 0.4) is 0 Å². The predicted octanol–water partition coefficient (Wildman–Crippen LogP) is 1.13. The van der Waals surface area contributed by atoms with Crippen LogP contribution in [0.5, 0.6) is 0 Å². The Kier molecular flexibility index (Phi) is 4.32. The van der Waals surface area contributed by atoms with E-state index in [4.69, 9.17) is 0 Å². The van der Waals surface area contributed by atoms with Crippen molar-refractivity contribution in [1.29, 1.82) is 0 Å². The van der Waals surface area contributed by atoms with Crippen molar-refractivity contribution in [3.8, 4) is 0 Å². The van der Waals surface area contributed by atoms with Gasteiger partial charge in [-0.1, -0.05) is 12.1 Å². The molecule has 0 bridgehead atoms. The van der Waals surface area contributed by atoms with Gasteiger partial charge in [-0.2, -0.15) is 12.6 Å². The molecule has 0 amide bonds. The van der Waals surface area contributed by atoms with Crippen molar-refractivity contribution in [2.24, 2.45) is 0 Å². The molecule has 0 heterocycles. The maximum atomic E-state index is 10.6. The maximum Gasteiger partial charge on any atom is 0.150 e. The smallest absolute Gasteiger partial charge is 0.150 e. The van der Waals surface area contributed by atoms with E-state index in [0.717, 1.165) is 5.56 Å². The minimum atomic E-state index is -0.998. The average Bonchev–Trinajstić information content (AvgIpc) is 2.27. The second-order valence-electron chi connectivity index (χ2n) is 3.43. The molecule has 82 valence electrons. The minimum absolute atomic E-state index is 0.173. The number of carbonyl (C=O) groups is 1. The highest BCUT2D eigenvalue weighted by Gasteiger charge is 2.18. The quantitative estimate of drug-likeness (QED) is 0.533. The number of aliphatic hydroxyl groups excluding tert-OH is 2. The zero-order valence-electron chi connectivity index (χ0n) is 8.42. The molecule has 2 unspecified atom stereocenters. The first kappa shape index (κ1) is 12.2. The molecule has 1 aromatic rings. The highest BCUT2D eigenvalue weighted by atomic mass is 32.1. The van der Waals surface area contributed by atoms with Crippen LogP contribution < -0.4 is 0 Å². The van der Waals surface area contributed by atoms with E-state index >= 15 is 0 Å². The number of benzene rings is 1. The lowest BCUT2D eigenvalue weighted by atomic mass is 9.98. The molecule has 0 saturated carbocycles. The molecule has 1 rings (SSSR count). The van der Waals surface area contributed by atoms with Crippen LogP contribution in [0.4, 0.5) is 0 Å². The van der Waals surface area contributed by atoms with Crippen LogP contribution in [0.15, 0.2) is 18.2 Å². The van der Waals surface area contributed by atoms with Crippen molar-refractivity contribution >= 4 is 18.9 Å². The number of aryl methyl sites for hydroxylation is 1. The highest BCUT2D eigenvalue weighted by Crippen LogP contribution is 2.22. The summed E-state index contributed by atoms with van der Waals surface area (Å²) in [6.45, 7) is 1.82. The predicted molar refractivity (Wildman–Crippen MR) is 61.4 cm³/mol. The maximum absolute atomic E-state index is 10.6. The topological polar surface area (TPSA) is 57.5 Å². The summed E-state index contributed by atoms with van der Waals surface area (Å²) in [5.41, 5.74) is 1.90. The number of hydrogen-bond donors (Lipinski definition) is 3. The number of thiol groups is 1. The summed E-state index contributed by atoms with van der Waals surface area (Å²) >= 11 is 3.91. The van der Waals surface area contributed by atoms with Crippen molar-refractivity contribution in [2.75, 3.05) is 5.75 Å². The lowest BCUT2D eigenvalue weighted by molar-refractivity contribution is 0.0333. The molecule has 2 atom stereocenters. The molecular weight excluding hydrogens is 212 g/mol. The van der Waals surface area contributed by atoms with Gasteiger partial charge in [0.05, 0.1) is 6.10 Å². The first-order valence-electron chi connectivity index (χ1n) is 4.63. The number of carbonyl (C=O) groups excluding carboxylic acids is 1. The SMILES string of the molecule is Cc1ccc(C=O)cc1C(O)C(O)CS. The second-order valence-corrected chi connectivity index (χ2v) is 3.79. The molecule has 0 saturated heterocycles. The summed E-state index contributed by atoms with van der Waals surface area (Å²) in [5.74, 6) is 0.173. The van der Waals surface area contributed by atoms with Gasteiger partial charge in [-0.3, -0.25) is 4.79 Å². The molecule has 0 spiro atoms. The van der Waals surface area contributed by atoms with Crippen LogP contribution in [0.1, 0.15) is 27.6 Å². The van der Waals surface area contributed by atoms with Gasteiger partial charge in [0.1, 0.15) is 12.4 Å². The first-order valence-corrected chi connectivity index (χ1v) is 5.26. The van der Waals surface area contributed by atoms with Crippen molar-refractivity contribution in [1.82, 2.24) is 0 Å². The summed E-state index contributed by atoms with van der Waals surface area (Å²) in [4.78, 5) is 10.6. The molecular formula is C11H14O3S. The van der Waals surface area contributed by atoms with Gasteiger partial charge in [-0.05, 0) is 24.1 Å². The molecule has 0 fully saturated rings. The number of aldehydes is 1. The summed E-state index contributed by atoms with van der Waals surface area (Å²) in [5, 5.41) is 19.2. The zero-order valence-corrected chi connectivity index (χ0v) is 9.32. The van der Waals surface area contributed by atoms with Gasteiger partial charge >= 0.3 is 0 Å². The fourth-order valence-electron chi connectivity index (χ4n) is 1.36. The monoisotopic (exact) mass is 226 g/mol. The van der Waals surface area contributed by atoms with E-state index < -0.39 is 12.2 Å². The molecule has 4 heteroatoms. The Morgan fingerprint density at radius 2 is 2.13 bits per heavy atom. The third-order valence-electron chi connectivity index (χ3n) is 2.31. The van der Waals surface area contributed by atoms with Crippen LogP contribution in [-0.2, 0) is 0 Å². The van der Waals surface area contributed by atoms with E-state index in [9.17, 15) is 15.0 Å². The van der Waals surface area contributed by atoms with Crippen LogP contribution in [-0.4, -0.2) is 28.4 Å².